The molecule has 0 aliphatic heterocycles. The average molecular weight is 236 g/mol. The Labute approximate surface area is 104 Å². The van der Waals surface area contributed by atoms with Gasteiger partial charge in [0.25, 0.3) is 0 Å². The fourth-order valence-corrected chi connectivity index (χ4v) is 2.93. The molecule has 2 aliphatic rings. The fourth-order valence-electron chi connectivity index (χ4n) is 2.93. The molecule has 0 spiro atoms. The Morgan fingerprint density at radius 3 is 2.59 bits per heavy atom. The van der Waals surface area contributed by atoms with Crippen LogP contribution in [0.5, 0.6) is 0 Å². The van der Waals surface area contributed by atoms with Crippen LogP contribution in [-0.4, -0.2) is 12.6 Å². The standard InChI is InChI=1S/C15H24O2/c1-15(2,3)7-4-8-17-14(16)13-10-11-5-6-12(13)9-11/h5-6,11-13H,4,7-10H2,1-3H3. The summed E-state index contributed by atoms with van der Waals surface area (Å²) in [7, 11) is 0. The Morgan fingerprint density at radius 2 is 2.06 bits per heavy atom. The summed E-state index contributed by atoms with van der Waals surface area (Å²) in [4.78, 5) is 11.9. The maximum Gasteiger partial charge on any atom is 0.309 e. The summed E-state index contributed by atoms with van der Waals surface area (Å²) in [5.41, 5.74) is 0.335. The van der Waals surface area contributed by atoms with Crippen LogP contribution in [0.2, 0.25) is 0 Å². The molecule has 17 heavy (non-hydrogen) atoms. The molecule has 1 saturated carbocycles. The van der Waals surface area contributed by atoms with Gasteiger partial charge in [-0.05, 0) is 42.9 Å². The van der Waals surface area contributed by atoms with Crippen LogP contribution >= 0.6 is 0 Å². The van der Waals surface area contributed by atoms with Crippen molar-refractivity contribution in [2.24, 2.45) is 23.2 Å². The minimum atomic E-state index is 0.0377. The van der Waals surface area contributed by atoms with E-state index in [1.807, 2.05) is 0 Å². The molecule has 0 aromatic rings. The molecule has 2 bridgehead atoms. The molecular formula is C15H24O2. The molecule has 3 unspecified atom stereocenters. The number of esters is 1. The van der Waals surface area contributed by atoms with Crippen LogP contribution in [0.15, 0.2) is 12.2 Å². The topological polar surface area (TPSA) is 26.3 Å². The molecule has 0 amide bonds. The maximum atomic E-state index is 11.9. The van der Waals surface area contributed by atoms with Crippen LogP contribution in [0.1, 0.15) is 46.5 Å². The van der Waals surface area contributed by atoms with E-state index in [0.29, 0.717) is 23.9 Å². The van der Waals surface area contributed by atoms with Gasteiger partial charge in [-0.15, -0.1) is 0 Å². The molecule has 1 fully saturated rings. The third-order valence-corrected chi connectivity index (χ3v) is 3.90. The lowest BCUT2D eigenvalue weighted by molar-refractivity contribution is -0.149. The second-order valence-electron chi connectivity index (χ2n) is 6.72. The van der Waals surface area contributed by atoms with Crippen molar-refractivity contribution in [2.45, 2.75) is 46.5 Å². The third-order valence-electron chi connectivity index (χ3n) is 3.90. The Hall–Kier alpha value is -0.790. The van der Waals surface area contributed by atoms with E-state index in [0.717, 1.165) is 19.3 Å². The lowest BCUT2D eigenvalue weighted by Crippen LogP contribution is -2.22. The number of rotatable bonds is 4. The van der Waals surface area contributed by atoms with Gasteiger partial charge in [0.05, 0.1) is 12.5 Å². The summed E-state index contributed by atoms with van der Waals surface area (Å²) < 4.78 is 5.40. The van der Waals surface area contributed by atoms with Crippen LogP contribution in [0.4, 0.5) is 0 Å². The van der Waals surface area contributed by atoms with Gasteiger partial charge in [0.15, 0.2) is 0 Å². The van der Waals surface area contributed by atoms with Gasteiger partial charge in [-0.3, -0.25) is 4.79 Å². The monoisotopic (exact) mass is 236 g/mol. The molecule has 3 atom stereocenters. The number of carbonyl (C=O) groups excluding carboxylic acids is 1. The quantitative estimate of drug-likeness (QED) is 0.424. The van der Waals surface area contributed by atoms with Crippen molar-refractivity contribution < 1.29 is 9.53 Å². The van der Waals surface area contributed by atoms with Gasteiger partial charge in [-0.25, -0.2) is 0 Å². The highest BCUT2D eigenvalue weighted by molar-refractivity contribution is 5.74. The van der Waals surface area contributed by atoms with E-state index >= 15 is 0 Å². The summed E-state index contributed by atoms with van der Waals surface area (Å²) in [6, 6.07) is 0. The molecular weight excluding hydrogens is 212 g/mol. The van der Waals surface area contributed by atoms with E-state index < -0.39 is 0 Å². The van der Waals surface area contributed by atoms with Crippen molar-refractivity contribution >= 4 is 5.97 Å². The zero-order chi connectivity index (χ0) is 12.5. The van der Waals surface area contributed by atoms with Crippen molar-refractivity contribution in [2.75, 3.05) is 6.61 Å². The number of hydrogen-bond donors (Lipinski definition) is 0. The number of ether oxygens (including phenoxy) is 1. The zero-order valence-corrected chi connectivity index (χ0v) is 11.2. The lowest BCUT2D eigenvalue weighted by atomic mass is 9.91. The van der Waals surface area contributed by atoms with E-state index in [9.17, 15) is 4.79 Å². The molecule has 0 aromatic heterocycles. The molecule has 2 nitrogen and oxygen atoms in total. The molecule has 2 heteroatoms. The maximum absolute atomic E-state index is 11.9. The van der Waals surface area contributed by atoms with E-state index in [1.165, 1.54) is 6.42 Å². The number of hydrogen-bond acceptors (Lipinski definition) is 2. The van der Waals surface area contributed by atoms with Gasteiger partial charge in [-0.1, -0.05) is 32.9 Å². The van der Waals surface area contributed by atoms with Crippen molar-refractivity contribution in [3.8, 4) is 0 Å². The van der Waals surface area contributed by atoms with Crippen LogP contribution < -0.4 is 0 Å². The highest BCUT2D eigenvalue weighted by Crippen LogP contribution is 2.43. The van der Waals surface area contributed by atoms with Crippen molar-refractivity contribution in [1.29, 1.82) is 0 Å². The largest absolute Gasteiger partial charge is 0.465 e. The molecule has 2 aliphatic carbocycles. The average Bonchev–Trinajstić information content (AvgIpc) is 2.84. The molecule has 0 radical (unpaired) electrons. The SMILES string of the molecule is CC(C)(C)CCCOC(=O)C1CC2C=CC1C2. The van der Waals surface area contributed by atoms with Crippen LogP contribution in [0.3, 0.4) is 0 Å². The number of allylic oxidation sites excluding steroid dienone is 2. The zero-order valence-electron chi connectivity index (χ0n) is 11.2. The predicted octanol–water partition coefficient (Wildman–Crippen LogP) is 3.57. The van der Waals surface area contributed by atoms with E-state index in [2.05, 4.69) is 32.9 Å². The van der Waals surface area contributed by atoms with E-state index in [-0.39, 0.29) is 11.9 Å². The summed E-state index contributed by atoms with van der Waals surface area (Å²) in [6.45, 7) is 7.24. The molecule has 0 aromatic carbocycles. The van der Waals surface area contributed by atoms with Crippen LogP contribution in [0.25, 0.3) is 0 Å². The van der Waals surface area contributed by atoms with Crippen molar-refractivity contribution in [3.63, 3.8) is 0 Å². The van der Waals surface area contributed by atoms with Crippen LogP contribution in [-0.2, 0) is 9.53 Å². The number of fused-ring (bicyclic) bond motifs is 2. The summed E-state index contributed by atoms with van der Waals surface area (Å²) in [6.07, 6.45) is 8.73. The Balaban J connectivity index is 1.67. The van der Waals surface area contributed by atoms with Gasteiger partial charge in [0, 0.05) is 0 Å². The van der Waals surface area contributed by atoms with E-state index in [1.54, 1.807) is 0 Å². The normalized spacial score (nSPS) is 30.9. The van der Waals surface area contributed by atoms with Gasteiger partial charge < -0.3 is 4.74 Å². The smallest absolute Gasteiger partial charge is 0.309 e. The Kier molecular flexibility index (Phi) is 3.60. The second kappa shape index (κ2) is 4.83. The second-order valence-corrected chi connectivity index (χ2v) is 6.72. The van der Waals surface area contributed by atoms with Crippen molar-refractivity contribution in [3.05, 3.63) is 12.2 Å². The van der Waals surface area contributed by atoms with Gasteiger partial charge in [0.2, 0.25) is 0 Å². The molecule has 0 heterocycles. The fraction of sp³-hybridized carbons (Fsp3) is 0.800. The van der Waals surface area contributed by atoms with Crippen molar-refractivity contribution in [1.82, 2.24) is 0 Å². The first kappa shape index (κ1) is 12.7. The van der Waals surface area contributed by atoms with Gasteiger partial charge in [-0.2, -0.15) is 0 Å². The first-order chi connectivity index (χ1) is 7.96. The first-order valence-electron chi connectivity index (χ1n) is 6.81. The minimum Gasteiger partial charge on any atom is -0.465 e. The summed E-state index contributed by atoms with van der Waals surface area (Å²) in [5, 5.41) is 0. The predicted molar refractivity (Wildman–Crippen MR) is 68.5 cm³/mol. The first-order valence-corrected chi connectivity index (χ1v) is 6.81. The Bertz CT molecular complexity index is 311. The van der Waals surface area contributed by atoms with Gasteiger partial charge >= 0.3 is 5.97 Å². The van der Waals surface area contributed by atoms with E-state index in [4.69, 9.17) is 4.74 Å². The number of carbonyl (C=O) groups is 1. The molecule has 0 saturated heterocycles. The van der Waals surface area contributed by atoms with Gasteiger partial charge in [0.1, 0.15) is 0 Å². The molecule has 96 valence electrons. The minimum absolute atomic E-state index is 0.0377. The highest BCUT2D eigenvalue weighted by Gasteiger charge is 2.40. The molecule has 0 N–H and O–H groups in total. The summed E-state index contributed by atoms with van der Waals surface area (Å²) >= 11 is 0. The molecule has 2 rings (SSSR count). The van der Waals surface area contributed by atoms with Crippen LogP contribution in [0, 0.1) is 23.2 Å². The Morgan fingerprint density at radius 1 is 1.29 bits per heavy atom. The summed E-state index contributed by atoms with van der Waals surface area (Å²) in [5.74, 6) is 1.30. The third kappa shape index (κ3) is 3.34. The lowest BCUT2D eigenvalue weighted by Gasteiger charge is -2.19. The highest BCUT2D eigenvalue weighted by atomic mass is 16.5.